The molecule has 1 aromatic heterocycles. The van der Waals surface area contributed by atoms with Crippen molar-refractivity contribution in [3.05, 3.63) is 16.0 Å². The molecule has 6 heteroatoms. The van der Waals surface area contributed by atoms with E-state index in [1.54, 1.807) is 32.6 Å². The van der Waals surface area contributed by atoms with Gasteiger partial charge in [-0.05, 0) is 26.3 Å². The van der Waals surface area contributed by atoms with Gasteiger partial charge in [-0.25, -0.2) is 0 Å². The smallest absolute Gasteiger partial charge is 0.264 e. The van der Waals surface area contributed by atoms with E-state index < -0.39 is 5.41 Å². The highest BCUT2D eigenvalue weighted by atomic mass is 32.1. The number of hydrogen-bond acceptors (Lipinski definition) is 4. The van der Waals surface area contributed by atoms with E-state index in [0.29, 0.717) is 34.1 Å². The molecule has 0 saturated carbocycles. The lowest BCUT2D eigenvalue weighted by atomic mass is 9.96. The first kappa shape index (κ1) is 18.2. The molecule has 1 heterocycles. The number of amides is 2. The van der Waals surface area contributed by atoms with E-state index in [0.717, 1.165) is 0 Å². The van der Waals surface area contributed by atoms with E-state index in [1.165, 1.54) is 11.3 Å². The fourth-order valence-electron chi connectivity index (χ4n) is 1.89. The van der Waals surface area contributed by atoms with Crippen LogP contribution in [0, 0.1) is 23.7 Å². The van der Waals surface area contributed by atoms with E-state index in [2.05, 4.69) is 11.4 Å². The van der Waals surface area contributed by atoms with Gasteiger partial charge in [-0.1, -0.05) is 20.8 Å². The lowest BCUT2D eigenvalue weighted by Crippen LogP contribution is -2.30. The quantitative estimate of drug-likeness (QED) is 0.923. The number of rotatable bonds is 4. The van der Waals surface area contributed by atoms with Crippen molar-refractivity contribution >= 4 is 28.2 Å². The van der Waals surface area contributed by atoms with Crippen molar-refractivity contribution in [1.29, 1.82) is 5.26 Å². The first-order valence-corrected chi connectivity index (χ1v) is 8.13. The molecule has 5 nitrogen and oxygen atoms in total. The zero-order chi connectivity index (χ0) is 17.1. The first-order chi connectivity index (χ1) is 10.2. The van der Waals surface area contributed by atoms with Gasteiger partial charge in [-0.3, -0.25) is 9.59 Å². The Labute approximate surface area is 135 Å². The van der Waals surface area contributed by atoms with Crippen LogP contribution >= 0.6 is 11.3 Å². The lowest BCUT2D eigenvalue weighted by Gasteiger charge is -2.18. The summed E-state index contributed by atoms with van der Waals surface area (Å²) in [7, 11) is 0. The van der Waals surface area contributed by atoms with Crippen LogP contribution < -0.4 is 5.32 Å². The predicted octanol–water partition coefficient (Wildman–Crippen LogP) is 3.39. The Morgan fingerprint density at radius 3 is 2.23 bits per heavy atom. The van der Waals surface area contributed by atoms with Crippen molar-refractivity contribution in [2.45, 2.75) is 41.5 Å². The van der Waals surface area contributed by atoms with Crippen LogP contribution in [-0.2, 0) is 4.79 Å². The molecular weight excluding hydrogens is 298 g/mol. The summed E-state index contributed by atoms with van der Waals surface area (Å²) in [5, 5.41) is 12.6. The van der Waals surface area contributed by atoms with Gasteiger partial charge in [0.2, 0.25) is 5.91 Å². The highest BCUT2D eigenvalue weighted by molar-refractivity contribution is 7.18. The number of hydrogen-bond donors (Lipinski definition) is 1. The molecule has 0 fully saturated rings. The van der Waals surface area contributed by atoms with Gasteiger partial charge in [0.25, 0.3) is 5.91 Å². The summed E-state index contributed by atoms with van der Waals surface area (Å²) in [6.07, 6.45) is 0. The molecule has 120 valence electrons. The van der Waals surface area contributed by atoms with Gasteiger partial charge >= 0.3 is 0 Å². The Kier molecular flexibility index (Phi) is 5.72. The van der Waals surface area contributed by atoms with E-state index in [4.69, 9.17) is 0 Å². The fourth-order valence-corrected chi connectivity index (χ4v) is 3.01. The predicted molar refractivity (Wildman–Crippen MR) is 89.1 cm³/mol. The minimum Gasteiger partial charge on any atom is -0.338 e. The van der Waals surface area contributed by atoms with Crippen LogP contribution in [0.5, 0.6) is 0 Å². The Balaban J connectivity index is 3.23. The molecule has 0 aliphatic heterocycles. The Bertz CT molecular complexity index is 617. The van der Waals surface area contributed by atoms with Gasteiger partial charge in [0.1, 0.15) is 11.1 Å². The summed E-state index contributed by atoms with van der Waals surface area (Å²) >= 11 is 1.18. The topological polar surface area (TPSA) is 73.2 Å². The molecule has 0 aromatic carbocycles. The summed E-state index contributed by atoms with van der Waals surface area (Å²) in [4.78, 5) is 26.9. The van der Waals surface area contributed by atoms with Gasteiger partial charge < -0.3 is 10.2 Å². The molecule has 22 heavy (non-hydrogen) atoms. The van der Waals surface area contributed by atoms with Gasteiger partial charge in [0.05, 0.1) is 10.4 Å². The summed E-state index contributed by atoms with van der Waals surface area (Å²) in [6, 6.07) is 2.10. The van der Waals surface area contributed by atoms with E-state index in [9.17, 15) is 14.9 Å². The normalized spacial score (nSPS) is 11.0. The average Bonchev–Trinajstić information content (AvgIpc) is 2.75. The molecule has 0 spiro atoms. The number of anilines is 1. The van der Waals surface area contributed by atoms with E-state index in [1.807, 2.05) is 13.8 Å². The maximum absolute atomic E-state index is 12.5. The highest BCUT2D eigenvalue weighted by Crippen LogP contribution is 2.34. The van der Waals surface area contributed by atoms with Crippen molar-refractivity contribution in [2.75, 3.05) is 18.4 Å². The Morgan fingerprint density at radius 2 is 1.82 bits per heavy atom. The lowest BCUT2D eigenvalue weighted by molar-refractivity contribution is -0.123. The summed E-state index contributed by atoms with van der Waals surface area (Å²) in [5.41, 5.74) is 0.444. The number of thiophene rings is 1. The number of nitrogens with one attached hydrogen (secondary N) is 1. The van der Waals surface area contributed by atoms with Crippen LogP contribution in [0.25, 0.3) is 0 Å². The molecule has 2 amide bonds. The Morgan fingerprint density at radius 1 is 1.27 bits per heavy atom. The highest BCUT2D eigenvalue weighted by Gasteiger charge is 2.27. The van der Waals surface area contributed by atoms with Crippen molar-refractivity contribution < 1.29 is 9.59 Å². The van der Waals surface area contributed by atoms with Crippen molar-refractivity contribution in [1.82, 2.24) is 4.90 Å². The maximum atomic E-state index is 12.5. The number of carbonyl (C=O) groups is 2. The molecule has 0 atom stereocenters. The molecule has 0 unspecified atom stereocenters. The summed E-state index contributed by atoms with van der Waals surface area (Å²) in [6.45, 7) is 12.2. The largest absolute Gasteiger partial charge is 0.338 e. The summed E-state index contributed by atoms with van der Waals surface area (Å²) in [5.74, 6) is -0.271. The molecule has 0 aliphatic rings. The third kappa shape index (κ3) is 3.66. The van der Waals surface area contributed by atoms with Crippen molar-refractivity contribution in [3.63, 3.8) is 0 Å². The van der Waals surface area contributed by atoms with Crippen molar-refractivity contribution in [3.8, 4) is 6.07 Å². The molecular formula is C16H23N3O2S. The van der Waals surface area contributed by atoms with Gasteiger partial charge in [0, 0.05) is 18.5 Å². The molecule has 0 radical (unpaired) electrons. The van der Waals surface area contributed by atoms with E-state index >= 15 is 0 Å². The minimum atomic E-state index is -0.562. The first-order valence-electron chi connectivity index (χ1n) is 7.31. The molecule has 1 rings (SSSR count). The fraction of sp³-hybridized carbons (Fsp3) is 0.562. The third-order valence-electron chi connectivity index (χ3n) is 3.41. The number of nitriles is 1. The number of nitrogens with zero attached hydrogens (tertiary/aromatic N) is 2. The standard InChI is InChI=1S/C16H23N3O2S/c1-7-19(8-2)14(20)12-10(3)11(9-17)13(22-12)18-15(21)16(4,5)6/h7-8H2,1-6H3,(H,18,21). The molecule has 0 saturated heterocycles. The van der Waals surface area contributed by atoms with Gasteiger partial charge in [-0.2, -0.15) is 5.26 Å². The zero-order valence-electron chi connectivity index (χ0n) is 14.0. The van der Waals surface area contributed by atoms with Crippen LogP contribution in [0.4, 0.5) is 5.00 Å². The van der Waals surface area contributed by atoms with Crippen LogP contribution in [0.2, 0.25) is 0 Å². The Hall–Kier alpha value is -1.87. The van der Waals surface area contributed by atoms with Gasteiger partial charge in [-0.15, -0.1) is 11.3 Å². The third-order valence-corrected chi connectivity index (χ3v) is 4.61. The molecule has 1 aromatic rings. The summed E-state index contributed by atoms with van der Waals surface area (Å²) < 4.78 is 0. The minimum absolute atomic E-state index is 0.0970. The van der Waals surface area contributed by atoms with Crippen LogP contribution in [0.1, 0.15) is 55.4 Å². The maximum Gasteiger partial charge on any atom is 0.264 e. The molecule has 1 N–H and O–H groups in total. The van der Waals surface area contributed by atoms with Crippen LogP contribution in [0.15, 0.2) is 0 Å². The van der Waals surface area contributed by atoms with E-state index in [-0.39, 0.29) is 11.8 Å². The zero-order valence-corrected chi connectivity index (χ0v) is 14.8. The monoisotopic (exact) mass is 321 g/mol. The molecule has 0 bridgehead atoms. The molecule has 0 aliphatic carbocycles. The average molecular weight is 321 g/mol. The SMILES string of the molecule is CCN(CC)C(=O)c1sc(NC(=O)C(C)(C)C)c(C#N)c1C. The van der Waals surface area contributed by atoms with Crippen LogP contribution in [-0.4, -0.2) is 29.8 Å². The second-order valence-corrected chi connectivity index (χ2v) is 7.07. The second kappa shape index (κ2) is 6.93. The van der Waals surface area contributed by atoms with Crippen molar-refractivity contribution in [2.24, 2.45) is 5.41 Å². The van der Waals surface area contributed by atoms with Gasteiger partial charge in [0.15, 0.2) is 0 Å². The second-order valence-electron chi connectivity index (χ2n) is 6.05. The van der Waals surface area contributed by atoms with Crippen LogP contribution in [0.3, 0.4) is 0 Å². The number of carbonyl (C=O) groups excluding carboxylic acids is 2.